The summed E-state index contributed by atoms with van der Waals surface area (Å²) in [5, 5.41) is 2.83. The van der Waals surface area contributed by atoms with Crippen LogP contribution in [0.4, 0.5) is 4.79 Å². The number of carbonyl (C=O) groups excluding carboxylic acids is 2. The molecule has 31 heavy (non-hydrogen) atoms. The largest absolute Gasteiger partial charge is 0.459 e. The summed E-state index contributed by atoms with van der Waals surface area (Å²) in [5.41, 5.74) is 2.75. The lowest BCUT2D eigenvalue weighted by molar-refractivity contribution is -0.147. The van der Waals surface area contributed by atoms with Gasteiger partial charge in [-0.15, -0.1) is 0 Å². The average molecular weight is 418 g/mol. The quantitative estimate of drug-likeness (QED) is 0.540. The molecule has 0 radical (unpaired) electrons. The zero-order chi connectivity index (χ0) is 21.9. The van der Waals surface area contributed by atoms with Crippen molar-refractivity contribution >= 4 is 12.0 Å². The van der Waals surface area contributed by atoms with Crippen LogP contribution in [0, 0.1) is 0 Å². The molecule has 3 aromatic rings. The highest BCUT2D eigenvalue weighted by Gasteiger charge is 2.24. The summed E-state index contributed by atoms with van der Waals surface area (Å²) < 4.78 is 5.49. The monoisotopic (exact) mass is 417 g/mol. The van der Waals surface area contributed by atoms with E-state index in [0.717, 1.165) is 16.8 Å². The van der Waals surface area contributed by atoms with E-state index >= 15 is 0 Å². The van der Waals surface area contributed by atoms with E-state index in [9.17, 15) is 9.59 Å². The average Bonchev–Trinajstić information content (AvgIpc) is 2.82. The normalized spacial score (nSPS) is 11.4. The summed E-state index contributed by atoms with van der Waals surface area (Å²) in [6.07, 6.45) is 2.72. The number of urea groups is 1. The second-order valence-corrected chi connectivity index (χ2v) is 7.28. The molecule has 0 bridgehead atoms. The van der Waals surface area contributed by atoms with E-state index in [0.29, 0.717) is 19.4 Å². The fourth-order valence-electron chi connectivity index (χ4n) is 3.06. The van der Waals surface area contributed by atoms with E-state index in [2.05, 4.69) is 10.3 Å². The zero-order valence-corrected chi connectivity index (χ0v) is 17.6. The Bertz CT molecular complexity index is 950. The van der Waals surface area contributed by atoms with Crippen molar-refractivity contribution in [3.8, 4) is 0 Å². The molecule has 0 fully saturated rings. The Morgan fingerprint density at radius 2 is 1.58 bits per heavy atom. The maximum Gasteiger partial charge on any atom is 0.329 e. The third kappa shape index (κ3) is 7.26. The van der Waals surface area contributed by atoms with Gasteiger partial charge in [0.05, 0.1) is 0 Å². The molecule has 1 atom stereocenters. The zero-order valence-electron chi connectivity index (χ0n) is 17.6. The van der Waals surface area contributed by atoms with E-state index < -0.39 is 12.0 Å². The number of likely N-dealkylation sites (N-methyl/N-ethyl adjacent to an activating group) is 1. The van der Waals surface area contributed by atoms with Gasteiger partial charge in [0.25, 0.3) is 0 Å². The molecule has 0 unspecified atom stereocenters. The Hall–Kier alpha value is -3.67. The number of hydrogen-bond donors (Lipinski definition) is 1. The first-order valence-electron chi connectivity index (χ1n) is 10.3. The van der Waals surface area contributed by atoms with E-state index in [1.165, 1.54) is 0 Å². The van der Waals surface area contributed by atoms with Crippen LogP contribution in [-0.2, 0) is 29.0 Å². The topological polar surface area (TPSA) is 71.5 Å². The first-order valence-corrected chi connectivity index (χ1v) is 10.3. The van der Waals surface area contributed by atoms with Crippen LogP contribution in [0.1, 0.15) is 16.8 Å². The second kappa shape index (κ2) is 11.5. The highest BCUT2D eigenvalue weighted by Crippen LogP contribution is 2.08. The fourth-order valence-corrected chi connectivity index (χ4v) is 3.06. The highest BCUT2D eigenvalue weighted by molar-refractivity contribution is 5.83. The van der Waals surface area contributed by atoms with Gasteiger partial charge in [0.1, 0.15) is 12.6 Å². The van der Waals surface area contributed by atoms with Gasteiger partial charge in [-0.25, -0.2) is 9.59 Å². The van der Waals surface area contributed by atoms with Crippen molar-refractivity contribution in [3.63, 3.8) is 0 Å². The number of carbonyl (C=O) groups is 2. The lowest BCUT2D eigenvalue weighted by atomic mass is 10.1. The van der Waals surface area contributed by atoms with Crippen molar-refractivity contribution in [2.45, 2.75) is 25.5 Å². The molecule has 1 N–H and O–H groups in total. The first-order chi connectivity index (χ1) is 15.1. The van der Waals surface area contributed by atoms with Gasteiger partial charge in [0.15, 0.2) is 0 Å². The molecule has 2 amide bonds. The van der Waals surface area contributed by atoms with Crippen LogP contribution in [0.2, 0.25) is 0 Å². The predicted octanol–water partition coefficient (Wildman–Crippen LogP) is 3.62. The van der Waals surface area contributed by atoms with Crippen molar-refractivity contribution in [2.75, 3.05) is 13.6 Å². The summed E-state index contributed by atoms with van der Waals surface area (Å²) in [6.45, 7) is 0.649. The van der Waals surface area contributed by atoms with Gasteiger partial charge in [-0.1, -0.05) is 66.7 Å². The first kappa shape index (κ1) is 22.0. The number of nitrogens with one attached hydrogen (secondary N) is 1. The summed E-state index contributed by atoms with van der Waals surface area (Å²) in [4.78, 5) is 31.4. The minimum Gasteiger partial charge on any atom is -0.459 e. The van der Waals surface area contributed by atoms with Crippen LogP contribution in [-0.4, -0.2) is 41.5 Å². The maximum absolute atomic E-state index is 12.8. The summed E-state index contributed by atoms with van der Waals surface area (Å²) in [7, 11) is 1.70. The maximum atomic E-state index is 12.8. The number of ether oxygens (including phenoxy) is 1. The summed E-state index contributed by atoms with van der Waals surface area (Å²) >= 11 is 0. The number of pyridine rings is 1. The highest BCUT2D eigenvalue weighted by atomic mass is 16.5. The van der Waals surface area contributed by atoms with Gasteiger partial charge in [-0.2, -0.15) is 0 Å². The van der Waals surface area contributed by atoms with E-state index in [4.69, 9.17) is 4.74 Å². The molecule has 3 rings (SSSR count). The molecule has 160 valence electrons. The van der Waals surface area contributed by atoms with Gasteiger partial charge in [0.2, 0.25) is 0 Å². The molecule has 2 aromatic carbocycles. The van der Waals surface area contributed by atoms with Crippen molar-refractivity contribution in [1.29, 1.82) is 0 Å². The molecule has 0 saturated heterocycles. The molecule has 0 aliphatic rings. The molecule has 0 aliphatic heterocycles. The molecule has 0 aliphatic carbocycles. The lowest BCUT2D eigenvalue weighted by Crippen LogP contribution is -2.48. The molecule has 0 spiro atoms. The third-order valence-electron chi connectivity index (χ3n) is 4.86. The van der Waals surface area contributed by atoms with E-state index in [-0.39, 0.29) is 12.6 Å². The molecule has 6 heteroatoms. The SMILES string of the molecule is CN(CCc1ccccn1)C(=O)N[C@@H](Cc1ccccc1)C(=O)OCc1ccccc1. The van der Waals surface area contributed by atoms with Crippen molar-refractivity contribution in [1.82, 2.24) is 15.2 Å². The molecule has 6 nitrogen and oxygen atoms in total. The Morgan fingerprint density at radius 3 is 2.23 bits per heavy atom. The van der Waals surface area contributed by atoms with Crippen LogP contribution < -0.4 is 5.32 Å². The lowest BCUT2D eigenvalue weighted by Gasteiger charge is -2.23. The molecule has 1 aromatic heterocycles. The minimum absolute atomic E-state index is 0.163. The summed E-state index contributed by atoms with van der Waals surface area (Å²) in [5.74, 6) is -0.459. The van der Waals surface area contributed by atoms with Gasteiger partial charge < -0.3 is 15.0 Å². The number of benzene rings is 2. The third-order valence-corrected chi connectivity index (χ3v) is 4.86. The fraction of sp³-hybridized carbons (Fsp3) is 0.240. The molecular formula is C25H27N3O3. The Morgan fingerprint density at radius 1 is 0.935 bits per heavy atom. The molecule has 0 saturated carbocycles. The minimum atomic E-state index is -0.782. The molecular weight excluding hydrogens is 390 g/mol. The van der Waals surface area contributed by atoms with Crippen LogP contribution in [0.5, 0.6) is 0 Å². The number of esters is 1. The van der Waals surface area contributed by atoms with Crippen molar-refractivity contribution in [3.05, 3.63) is 102 Å². The number of aromatic nitrogens is 1. The molecule has 1 heterocycles. The second-order valence-electron chi connectivity index (χ2n) is 7.28. The number of nitrogens with zero attached hydrogens (tertiary/aromatic N) is 2. The predicted molar refractivity (Wildman–Crippen MR) is 119 cm³/mol. The number of hydrogen-bond acceptors (Lipinski definition) is 4. The van der Waals surface area contributed by atoms with Gasteiger partial charge in [-0.05, 0) is 23.3 Å². The van der Waals surface area contributed by atoms with Gasteiger partial charge >= 0.3 is 12.0 Å². The van der Waals surface area contributed by atoms with Gasteiger partial charge in [-0.3, -0.25) is 4.98 Å². The number of amides is 2. The smallest absolute Gasteiger partial charge is 0.329 e. The van der Waals surface area contributed by atoms with E-state index in [1.54, 1.807) is 18.1 Å². The Labute approximate surface area is 182 Å². The Balaban J connectivity index is 1.60. The van der Waals surface area contributed by atoms with Crippen molar-refractivity contribution in [2.24, 2.45) is 0 Å². The standard InChI is InChI=1S/C25H27N3O3/c1-28(17-15-22-14-8-9-16-26-22)25(30)27-23(18-20-10-4-2-5-11-20)24(29)31-19-21-12-6-3-7-13-21/h2-14,16,23H,15,17-19H2,1H3,(H,27,30)/t23-/m0/s1. The van der Waals surface area contributed by atoms with Crippen molar-refractivity contribution < 1.29 is 14.3 Å². The van der Waals surface area contributed by atoms with Crippen LogP contribution in [0.15, 0.2) is 85.1 Å². The van der Waals surface area contributed by atoms with Crippen LogP contribution in [0.25, 0.3) is 0 Å². The Kier molecular flexibility index (Phi) is 8.17. The van der Waals surface area contributed by atoms with E-state index in [1.807, 2.05) is 78.9 Å². The van der Waals surface area contributed by atoms with Crippen LogP contribution >= 0.6 is 0 Å². The summed E-state index contributed by atoms with van der Waals surface area (Å²) in [6, 6.07) is 23.6. The van der Waals surface area contributed by atoms with Crippen LogP contribution in [0.3, 0.4) is 0 Å². The van der Waals surface area contributed by atoms with Gasteiger partial charge in [0, 0.05) is 38.3 Å². The number of rotatable bonds is 9.